The summed E-state index contributed by atoms with van der Waals surface area (Å²) >= 11 is 0. The molecule has 116 valence electrons. The fourth-order valence-corrected chi connectivity index (χ4v) is 3.67. The summed E-state index contributed by atoms with van der Waals surface area (Å²) in [6.07, 6.45) is 0.969. The van der Waals surface area contributed by atoms with Crippen LogP contribution < -0.4 is 11.1 Å². The molecule has 0 aliphatic carbocycles. The molecule has 2 heteroatoms. The highest BCUT2D eigenvalue weighted by Gasteiger charge is 2.36. The molecule has 0 radical (unpaired) electrons. The third kappa shape index (κ3) is 2.69. The number of hydrogen-bond acceptors (Lipinski definition) is 2. The van der Waals surface area contributed by atoms with Gasteiger partial charge in [0.15, 0.2) is 0 Å². The second kappa shape index (κ2) is 5.22. The maximum absolute atomic E-state index is 6.36. The Morgan fingerprint density at radius 2 is 1.68 bits per heavy atom. The van der Waals surface area contributed by atoms with E-state index in [-0.39, 0.29) is 11.1 Å². The van der Waals surface area contributed by atoms with E-state index in [0.29, 0.717) is 6.04 Å². The molecule has 0 fully saturated rings. The average Bonchev–Trinajstić information content (AvgIpc) is 2.70. The molecule has 0 saturated heterocycles. The van der Waals surface area contributed by atoms with Crippen molar-refractivity contribution in [1.29, 1.82) is 0 Å². The van der Waals surface area contributed by atoms with Crippen molar-refractivity contribution in [1.82, 2.24) is 5.32 Å². The Morgan fingerprint density at radius 1 is 1.05 bits per heavy atom. The minimum Gasteiger partial charge on any atom is -0.322 e. The molecule has 0 saturated carbocycles. The molecule has 0 aromatic heterocycles. The molecular formula is C20H26N2. The lowest BCUT2D eigenvalue weighted by molar-refractivity contribution is 0.388. The number of nitrogens with two attached hydrogens (primary N) is 1. The monoisotopic (exact) mass is 294 g/mol. The molecule has 2 nitrogen and oxygen atoms in total. The summed E-state index contributed by atoms with van der Waals surface area (Å²) in [4.78, 5) is 0. The Labute approximate surface area is 133 Å². The molecule has 1 unspecified atom stereocenters. The van der Waals surface area contributed by atoms with E-state index in [9.17, 15) is 0 Å². The summed E-state index contributed by atoms with van der Waals surface area (Å²) in [6, 6.07) is 17.6. The Kier molecular flexibility index (Phi) is 3.62. The quantitative estimate of drug-likeness (QED) is 0.898. The SMILES string of the molecule is CC(C)(N)c1ccccc1CC1NC(C)(C)c2ccccc21. The maximum atomic E-state index is 6.36. The first-order chi connectivity index (χ1) is 10.3. The Hall–Kier alpha value is -1.64. The smallest absolute Gasteiger partial charge is 0.0386 e. The second-order valence-corrected chi connectivity index (χ2v) is 7.49. The van der Waals surface area contributed by atoms with Gasteiger partial charge in [-0.25, -0.2) is 0 Å². The number of nitrogens with one attached hydrogen (secondary N) is 1. The van der Waals surface area contributed by atoms with Gasteiger partial charge < -0.3 is 11.1 Å². The molecule has 1 atom stereocenters. The van der Waals surface area contributed by atoms with Crippen molar-refractivity contribution in [2.24, 2.45) is 5.73 Å². The van der Waals surface area contributed by atoms with E-state index in [1.807, 2.05) is 0 Å². The molecule has 22 heavy (non-hydrogen) atoms. The number of benzene rings is 2. The molecule has 3 rings (SSSR count). The topological polar surface area (TPSA) is 38.0 Å². The zero-order valence-electron chi connectivity index (χ0n) is 14.0. The number of hydrogen-bond donors (Lipinski definition) is 2. The molecule has 0 spiro atoms. The van der Waals surface area contributed by atoms with E-state index in [1.54, 1.807) is 0 Å². The van der Waals surface area contributed by atoms with Crippen LogP contribution in [-0.4, -0.2) is 0 Å². The van der Waals surface area contributed by atoms with Gasteiger partial charge in [-0.3, -0.25) is 0 Å². The second-order valence-electron chi connectivity index (χ2n) is 7.49. The summed E-state index contributed by atoms with van der Waals surface area (Å²) < 4.78 is 0. The van der Waals surface area contributed by atoms with E-state index in [1.165, 1.54) is 22.3 Å². The summed E-state index contributed by atoms with van der Waals surface area (Å²) in [5.41, 5.74) is 11.5. The van der Waals surface area contributed by atoms with Gasteiger partial charge in [-0.2, -0.15) is 0 Å². The normalized spacial score (nSPS) is 20.0. The predicted octanol–water partition coefficient (Wildman–Crippen LogP) is 4.00. The van der Waals surface area contributed by atoms with Crippen LogP contribution in [0.4, 0.5) is 0 Å². The largest absolute Gasteiger partial charge is 0.322 e. The van der Waals surface area contributed by atoms with Gasteiger partial charge in [-0.15, -0.1) is 0 Å². The molecule has 1 aliphatic rings. The van der Waals surface area contributed by atoms with Crippen molar-refractivity contribution < 1.29 is 0 Å². The Bertz CT molecular complexity index is 680. The molecule has 0 amide bonds. The summed E-state index contributed by atoms with van der Waals surface area (Å²) in [5, 5.41) is 3.78. The maximum Gasteiger partial charge on any atom is 0.0386 e. The minimum absolute atomic E-state index is 0.0223. The number of fused-ring (bicyclic) bond motifs is 1. The van der Waals surface area contributed by atoms with E-state index in [4.69, 9.17) is 5.73 Å². The van der Waals surface area contributed by atoms with E-state index < -0.39 is 0 Å². The van der Waals surface area contributed by atoms with Crippen LogP contribution in [0.2, 0.25) is 0 Å². The highest BCUT2D eigenvalue weighted by molar-refractivity contribution is 5.42. The fourth-order valence-electron chi connectivity index (χ4n) is 3.67. The van der Waals surface area contributed by atoms with Crippen LogP contribution in [0.1, 0.15) is 56.0 Å². The summed E-state index contributed by atoms with van der Waals surface area (Å²) in [6.45, 7) is 8.66. The van der Waals surface area contributed by atoms with Crippen LogP contribution in [0.25, 0.3) is 0 Å². The third-order valence-corrected chi connectivity index (χ3v) is 4.68. The Morgan fingerprint density at radius 3 is 2.41 bits per heavy atom. The number of rotatable bonds is 3. The van der Waals surface area contributed by atoms with Gasteiger partial charge in [-0.1, -0.05) is 48.5 Å². The Balaban J connectivity index is 1.96. The molecule has 2 aromatic rings. The van der Waals surface area contributed by atoms with Crippen molar-refractivity contribution in [3.63, 3.8) is 0 Å². The van der Waals surface area contributed by atoms with Gasteiger partial charge >= 0.3 is 0 Å². The van der Waals surface area contributed by atoms with Gasteiger partial charge in [-0.05, 0) is 56.4 Å². The average molecular weight is 294 g/mol. The lowest BCUT2D eigenvalue weighted by Gasteiger charge is -2.26. The minimum atomic E-state index is -0.315. The van der Waals surface area contributed by atoms with Crippen LogP contribution in [0.3, 0.4) is 0 Å². The molecule has 1 aliphatic heterocycles. The first kappa shape index (κ1) is 15.3. The standard InChI is InChI=1S/C20H26N2/c1-19(2,21)16-11-7-5-9-14(16)13-18-15-10-6-8-12-17(15)20(3,4)22-18/h5-12,18,22H,13,21H2,1-4H3. The van der Waals surface area contributed by atoms with Crippen molar-refractivity contribution in [2.75, 3.05) is 0 Å². The molecule has 2 aromatic carbocycles. The van der Waals surface area contributed by atoms with Crippen LogP contribution in [0, 0.1) is 0 Å². The molecule has 1 heterocycles. The zero-order chi connectivity index (χ0) is 16.0. The highest BCUT2D eigenvalue weighted by atomic mass is 15.0. The van der Waals surface area contributed by atoms with E-state index in [0.717, 1.165) is 6.42 Å². The van der Waals surface area contributed by atoms with Crippen LogP contribution >= 0.6 is 0 Å². The van der Waals surface area contributed by atoms with Crippen LogP contribution in [-0.2, 0) is 17.5 Å². The first-order valence-electron chi connectivity index (χ1n) is 8.03. The van der Waals surface area contributed by atoms with Crippen molar-refractivity contribution in [2.45, 2.75) is 51.2 Å². The van der Waals surface area contributed by atoms with Gasteiger partial charge in [0, 0.05) is 17.1 Å². The highest BCUT2D eigenvalue weighted by Crippen LogP contribution is 2.39. The van der Waals surface area contributed by atoms with Gasteiger partial charge in [0.2, 0.25) is 0 Å². The lowest BCUT2D eigenvalue weighted by Crippen LogP contribution is -2.33. The van der Waals surface area contributed by atoms with E-state index in [2.05, 4.69) is 81.5 Å². The van der Waals surface area contributed by atoms with Crippen molar-refractivity contribution in [3.8, 4) is 0 Å². The van der Waals surface area contributed by atoms with Crippen molar-refractivity contribution >= 4 is 0 Å². The summed E-state index contributed by atoms with van der Waals surface area (Å²) in [5.74, 6) is 0. The first-order valence-corrected chi connectivity index (χ1v) is 8.03. The molecule has 3 N–H and O–H groups in total. The van der Waals surface area contributed by atoms with Gasteiger partial charge in [0.25, 0.3) is 0 Å². The zero-order valence-corrected chi connectivity index (χ0v) is 14.0. The predicted molar refractivity (Wildman–Crippen MR) is 92.7 cm³/mol. The van der Waals surface area contributed by atoms with Crippen molar-refractivity contribution in [3.05, 3.63) is 70.8 Å². The summed E-state index contributed by atoms with van der Waals surface area (Å²) in [7, 11) is 0. The third-order valence-electron chi connectivity index (χ3n) is 4.68. The van der Waals surface area contributed by atoms with E-state index >= 15 is 0 Å². The molecule has 0 bridgehead atoms. The van der Waals surface area contributed by atoms with Gasteiger partial charge in [0.05, 0.1) is 0 Å². The van der Waals surface area contributed by atoms with Crippen LogP contribution in [0.15, 0.2) is 48.5 Å². The van der Waals surface area contributed by atoms with Crippen LogP contribution in [0.5, 0.6) is 0 Å². The molecular weight excluding hydrogens is 268 g/mol. The van der Waals surface area contributed by atoms with Gasteiger partial charge in [0.1, 0.15) is 0 Å². The lowest BCUT2D eigenvalue weighted by atomic mass is 9.87. The fraction of sp³-hybridized carbons (Fsp3) is 0.400.